The van der Waals surface area contributed by atoms with Gasteiger partial charge in [0.1, 0.15) is 0 Å². The second kappa shape index (κ2) is 6.87. The third-order valence-electron chi connectivity index (χ3n) is 3.93. The topological polar surface area (TPSA) is 87.3 Å². The van der Waals surface area contributed by atoms with Crippen molar-refractivity contribution in [1.29, 1.82) is 0 Å². The fourth-order valence-electron chi connectivity index (χ4n) is 2.43. The highest BCUT2D eigenvalue weighted by molar-refractivity contribution is 7.89. The fraction of sp³-hybridized carbons (Fsp3) is 0.923. The summed E-state index contributed by atoms with van der Waals surface area (Å²) in [6.45, 7) is 3.54. The molecule has 1 atom stereocenters. The van der Waals surface area contributed by atoms with Crippen molar-refractivity contribution in [1.82, 2.24) is 15.4 Å². The molecular weight excluding hydrogens is 278 g/mol. The van der Waals surface area contributed by atoms with E-state index in [1.165, 1.54) is 0 Å². The van der Waals surface area contributed by atoms with Crippen LogP contribution in [0.2, 0.25) is 0 Å². The molecule has 2 aliphatic rings. The molecule has 2 fully saturated rings. The first kappa shape index (κ1) is 15.7. The number of carbonyl (C=O) groups excluding carboxylic acids is 1. The van der Waals surface area contributed by atoms with Gasteiger partial charge >= 0.3 is 0 Å². The number of hydrogen-bond donors (Lipinski definition) is 3. The zero-order valence-electron chi connectivity index (χ0n) is 12.0. The number of hydrogen-bond acceptors (Lipinski definition) is 4. The summed E-state index contributed by atoms with van der Waals surface area (Å²) in [6.07, 6.45) is 4.75. The molecule has 1 aliphatic heterocycles. The Morgan fingerprint density at radius 3 is 2.50 bits per heavy atom. The van der Waals surface area contributed by atoms with Crippen molar-refractivity contribution in [2.75, 3.05) is 18.8 Å². The van der Waals surface area contributed by atoms with Crippen LogP contribution in [0.4, 0.5) is 0 Å². The van der Waals surface area contributed by atoms with Crippen molar-refractivity contribution in [3.8, 4) is 0 Å². The molecule has 0 aromatic rings. The summed E-state index contributed by atoms with van der Waals surface area (Å²) in [5, 5.41) is 6.07. The van der Waals surface area contributed by atoms with E-state index in [9.17, 15) is 13.2 Å². The van der Waals surface area contributed by atoms with Crippen LogP contribution in [0.25, 0.3) is 0 Å². The van der Waals surface area contributed by atoms with E-state index in [1.54, 1.807) is 6.92 Å². The molecular formula is C13H25N3O3S. The van der Waals surface area contributed by atoms with Crippen LogP contribution >= 0.6 is 0 Å². The molecule has 116 valence electrons. The van der Waals surface area contributed by atoms with Gasteiger partial charge in [-0.2, -0.15) is 0 Å². The van der Waals surface area contributed by atoms with E-state index in [0.717, 1.165) is 38.8 Å². The maximum atomic E-state index is 12.0. The Hall–Kier alpha value is -0.660. The predicted molar refractivity (Wildman–Crippen MR) is 77.8 cm³/mol. The quantitative estimate of drug-likeness (QED) is 0.616. The molecule has 0 radical (unpaired) electrons. The lowest BCUT2D eigenvalue weighted by molar-refractivity contribution is -0.122. The zero-order valence-corrected chi connectivity index (χ0v) is 12.8. The lowest BCUT2D eigenvalue weighted by Crippen LogP contribution is -2.46. The van der Waals surface area contributed by atoms with Crippen LogP contribution in [0.3, 0.4) is 0 Å². The van der Waals surface area contributed by atoms with Crippen molar-refractivity contribution in [3.63, 3.8) is 0 Å². The Morgan fingerprint density at radius 2 is 1.90 bits per heavy atom. The predicted octanol–water partition coefficient (Wildman–Crippen LogP) is -0.0374. The standard InChI is InChI=1S/C13H25N3O3S/c1-10(13(17)15-12-2-3-12)16-20(18,19)9-6-11-4-7-14-8-5-11/h10-12,14,16H,2-9H2,1H3,(H,15,17). The number of carbonyl (C=O) groups is 1. The maximum absolute atomic E-state index is 12.0. The van der Waals surface area contributed by atoms with Gasteiger partial charge in [-0.15, -0.1) is 0 Å². The Morgan fingerprint density at radius 1 is 1.25 bits per heavy atom. The van der Waals surface area contributed by atoms with Gasteiger partial charge in [-0.3, -0.25) is 4.79 Å². The summed E-state index contributed by atoms with van der Waals surface area (Å²) in [7, 11) is -3.37. The second-order valence-corrected chi connectivity index (χ2v) is 7.80. The van der Waals surface area contributed by atoms with E-state index in [4.69, 9.17) is 0 Å². The van der Waals surface area contributed by atoms with E-state index in [0.29, 0.717) is 12.3 Å². The molecule has 0 aromatic carbocycles. The monoisotopic (exact) mass is 303 g/mol. The Labute approximate surface area is 121 Å². The minimum atomic E-state index is -3.37. The summed E-state index contributed by atoms with van der Waals surface area (Å²) < 4.78 is 26.4. The van der Waals surface area contributed by atoms with Gasteiger partial charge in [-0.25, -0.2) is 13.1 Å². The molecule has 1 saturated heterocycles. The maximum Gasteiger partial charge on any atom is 0.238 e. The second-order valence-electron chi connectivity index (χ2n) is 5.92. The van der Waals surface area contributed by atoms with Crippen LogP contribution in [-0.2, 0) is 14.8 Å². The average Bonchev–Trinajstić information content (AvgIpc) is 3.21. The first-order chi connectivity index (χ1) is 9.46. The largest absolute Gasteiger partial charge is 0.352 e. The molecule has 0 aromatic heterocycles. The highest BCUT2D eigenvalue weighted by atomic mass is 32.2. The minimum absolute atomic E-state index is 0.110. The molecule has 0 spiro atoms. The fourth-order valence-corrected chi connectivity index (χ4v) is 3.84. The number of sulfonamides is 1. The molecule has 6 nitrogen and oxygen atoms in total. The molecule has 1 saturated carbocycles. The smallest absolute Gasteiger partial charge is 0.238 e. The first-order valence-corrected chi connectivity index (χ1v) is 9.12. The molecule has 7 heteroatoms. The molecule has 1 aliphatic carbocycles. The Kier molecular flexibility index (Phi) is 5.40. The molecule has 0 bridgehead atoms. The highest BCUT2D eigenvalue weighted by Gasteiger charge is 2.27. The van der Waals surface area contributed by atoms with Crippen molar-refractivity contribution < 1.29 is 13.2 Å². The summed E-state index contributed by atoms with van der Waals surface area (Å²) in [6, 6.07) is -0.433. The number of piperidine rings is 1. The summed E-state index contributed by atoms with van der Waals surface area (Å²) in [5.41, 5.74) is 0. The van der Waals surface area contributed by atoms with Gasteiger partial charge in [0.05, 0.1) is 11.8 Å². The van der Waals surface area contributed by atoms with Crippen LogP contribution in [0.15, 0.2) is 0 Å². The summed E-state index contributed by atoms with van der Waals surface area (Å²) in [4.78, 5) is 11.7. The lowest BCUT2D eigenvalue weighted by Gasteiger charge is -2.22. The zero-order chi connectivity index (χ0) is 14.6. The number of rotatable bonds is 7. The van der Waals surface area contributed by atoms with Gasteiger partial charge in [0, 0.05) is 6.04 Å². The first-order valence-electron chi connectivity index (χ1n) is 7.47. The molecule has 1 amide bonds. The molecule has 20 heavy (non-hydrogen) atoms. The van der Waals surface area contributed by atoms with Crippen molar-refractivity contribution in [2.45, 2.75) is 51.1 Å². The van der Waals surface area contributed by atoms with Gasteiger partial charge in [-0.1, -0.05) is 0 Å². The number of amides is 1. The van der Waals surface area contributed by atoms with E-state index in [2.05, 4.69) is 15.4 Å². The molecule has 3 N–H and O–H groups in total. The highest BCUT2D eigenvalue weighted by Crippen LogP contribution is 2.19. The van der Waals surface area contributed by atoms with Crippen LogP contribution in [0, 0.1) is 5.92 Å². The van der Waals surface area contributed by atoms with Crippen LogP contribution in [0.1, 0.15) is 39.0 Å². The van der Waals surface area contributed by atoms with Crippen molar-refractivity contribution >= 4 is 15.9 Å². The van der Waals surface area contributed by atoms with E-state index in [-0.39, 0.29) is 17.7 Å². The Bertz CT molecular complexity index is 428. The summed E-state index contributed by atoms with van der Waals surface area (Å²) >= 11 is 0. The van der Waals surface area contributed by atoms with E-state index < -0.39 is 16.1 Å². The number of nitrogens with one attached hydrogen (secondary N) is 3. The van der Waals surface area contributed by atoms with Gasteiger partial charge in [-0.05, 0) is 58.0 Å². The molecule has 1 heterocycles. The summed E-state index contributed by atoms with van der Waals surface area (Å²) in [5.74, 6) is 0.361. The average molecular weight is 303 g/mol. The third-order valence-corrected chi connectivity index (χ3v) is 5.41. The van der Waals surface area contributed by atoms with Crippen molar-refractivity contribution in [2.24, 2.45) is 5.92 Å². The Balaban J connectivity index is 1.72. The van der Waals surface area contributed by atoms with Gasteiger partial charge < -0.3 is 10.6 Å². The van der Waals surface area contributed by atoms with Gasteiger partial charge in [0.15, 0.2) is 0 Å². The third kappa shape index (κ3) is 5.38. The van der Waals surface area contributed by atoms with Gasteiger partial charge in [0.25, 0.3) is 0 Å². The SMILES string of the molecule is CC(NS(=O)(=O)CCC1CCNCC1)C(=O)NC1CC1. The minimum Gasteiger partial charge on any atom is -0.352 e. The van der Waals surface area contributed by atoms with Crippen LogP contribution in [0.5, 0.6) is 0 Å². The molecule has 2 rings (SSSR count). The van der Waals surface area contributed by atoms with E-state index >= 15 is 0 Å². The lowest BCUT2D eigenvalue weighted by atomic mass is 9.96. The van der Waals surface area contributed by atoms with E-state index in [1.807, 2.05) is 0 Å². The van der Waals surface area contributed by atoms with Crippen molar-refractivity contribution in [3.05, 3.63) is 0 Å². The van der Waals surface area contributed by atoms with Gasteiger partial charge in [0.2, 0.25) is 15.9 Å². The van der Waals surface area contributed by atoms with Crippen LogP contribution < -0.4 is 15.4 Å². The normalized spacial score (nSPS) is 22.4. The molecule has 1 unspecified atom stereocenters. The van der Waals surface area contributed by atoms with Crippen LogP contribution in [-0.4, -0.2) is 45.3 Å².